The van der Waals surface area contributed by atoms with Crippen LogP contribution in [0.25, 0.3) is 11.0 Å². The Morgan fingerprint density at radius 2 is 2.00 bits per heavy atom. The number of thioether (sulfide) groups is 1. The summed E-state index contributed by atoms with van der Waals surface area (Å²) >= 11 is 7.36. The third-order valence-electron chi connectivity index (χ3n) is 4.34. The Hall–Kier alpha value is -1.70. The van der Waals surface area contributed by atoms with Crippen molar-refractivity contribution in [2.45, 2.75) is 24.0 Å². The molecule has 1 aromatic heterocycles. The van der Waals surface area contributed by atoms with Gasteiger partial charge in [-0.05, 0) is 42.8 Å². The first-order valence-electron chi connectivity index (χ1n) is 7.42. The van der Waals surface area contributed by atoms with Gasteiger partial charge in [0.05, 0.1) is 22.3 Å². The van der Waals surface area contributed by atoms with Crippen molar-refractivity contribution in [3.63, 3.8) is 0 Å². The van der Waals surface area contributed by atoms with E-state index in [1.54, 1.807) is 22.8 Å². The Bertz CT molecular complexity index is 1000. The van der Waals surface area contributed by atoms with Crippen LogP contribution < -0.4 is 0 Å². The van der Waals surface area contributed by atoms with Crippen molar-refractivity contribution in [3.8, 4) is 0 Å². The van der Waals surface area contributed by atoms with Crippen molar-refractivity contribution in [1.82, 2.24) is 9.55 Å². The standard InChI is InChI=1S/C17H12ClF3N2OS/c1-9-6-10(2-4-12(9)18)16(24)8-25-15-22-13-7-11(17(19,20)21)3-5-14(13)23(15)16/h2-7,24H,8H2,1H3/t16-/m0/s1. The fraction of sp³-hybridized carbons (Fsp3) is 0.235. The molecule has 8 heteroatoms. The third kappa shape index (κ3) is 2.53. The molecule has 0 fully saturated rings. The highest BCUT2D eigenvalue weighted by Gasteiger charge is 2.42. The maximum absolute atomic E-state index is 12.9. The van der Waals surface area contributed by atoms with Gasteiger partial charge in [0.15, 0.2) is 10.9 Å². The summed E-state index contributed by atoms with van der Waals surface area (Å²) < 4.78 is 40.3. The van der Waals surface area contributed by atoms with Crippen LogP contribution in [0.2, 0.25) is 5.02 Å². The molecule has 0 spiro atoms. The summed E-state index contributed by atoms with van der Waals surface area (Å²) in [5.41, 5.74) is -0.0318. The SMILES string of the molecule is Cc1cc([C@@]2(O)CSc3nc4cc(C(F)(F)F)ccc4n32)ccc1Cl. The number of aromatic nitrogens is 2. The van der Waals surface area contributed by atoms with Crippen LogP contribution in [-0.2, 0) is 11.9 Å². The second-order valence-electron chi connectivity index (χ2n) is 6.00. The molecule has 3 nitrogen and oxygen atoms in total. The van der Waals surface area contributed by atoms with Gasteiger partial charge in [0, 0.05) is 10.6 Å². The van der Waals surface area contributed by atoms with E-state index in [1.807, 2.05) is 6.92 Å². The average molecular weight is 385 g/mol. The molecule has 4 rings (SSSR count). The second-order valence-corrected chi connectivity index (χ2v) is 7.35. The first-order valence-corrected chi connectivity index (χ1v) is 8.78. The summed E-state index contributed by atoms with van der Waals surface area (Å²) in [6.45, 7) is 1.83. The van der Waals surface area contributed by atoms with Crippen LogP contribution in [0.4, 0.5) is 13.2 Å². The van der Waals surface area contributed by atoms with Gasteiger partial charge in [-0.25, -0.2) is 4.98 Å². The Balaban J connectivity index is 1.90. The van der Waals surface area contributed by atoms with Crippen LogP contribution >= 0.6 is 23.4 Å². The number of nitrogens with zero attached hydrogens (tertiary/aromatic N) is 2. The van der Waals surface area contributed by atoms with E-state index in [4.69, 9.17) is 11.6 Å². The van der Waals surface area contributed by atoms with Crippen LogP contribution in [0.1, 0.15) is 16.7 Å². The van der Waals surface area contributed by atoms with Crippen LogP contribution in [0, 0.1) is 6.92 Å². The molecule has 1 aliphatic heterocycles. The predicted octanol–water partition coefficient (Wildman–Crippen LogP) is 4.82. The maximum Gasteiger partial charge on any atom is 0.416 e. The molecule has 0 unspecified atom stereocenters. The van der Waals surface area contributed by atoms with Crippen LogP contribution in [0.5, 0.6) is 0 Å². The van der Waals surface area contributed by atoms with Crippen molar-refractivity contribution in [2.75, 3.05) is 5.75 Å². The smallest absolute Gasteiger partial charge is 0.366 e. The average Bonchev–Trinajstić information content (AvgIpc) is 3.07. The van der Waals surface area contributed by atoms with E-state index in [1.165, 1.54) is 17.8 Å². The van der Waals surface area contributed by atoms with Crippen molar-refractivity contribution in [2.24, 2.45) is 0 Å². The lowest BCUT2D eigenvalue weighted by Gasteiger charge is -2.26. The number of benzene rings is 2. The van der Waals surface area contributed by atoms with Gasteiger partial charge in [-0.2, -0.15) is 13.2 Å². The minimum Gasteiger partial charge on any atom is -0.366 e. The lowest BCUT2D eigenvalue weighted by atomic mass is 10.0. The van der Waals surface area contributed by atoms with E-state index in [2.05, 4.69) is 4.98 Å². The molecule has 0 saturated carbocycles. The first-order chi connectivity index (χ1) is 11.7. The maximum atomic E-state index is 12.9. The lowest BCUT2D eigenvalue weighted by Crippen LogP contribution is -2.33. The Labute approximate surface area is 150 Å². The van der Waals surface area contributed by atoms with Crippen molar-refractivity contribution >= 4 is 34.4 Å². The van der Waals surface area contributed by atoms with Crippen molar-refractivity contribution in [1.29, 1.82) is 0 Å². The van der Waals surface area contributed by atoms with Crippen LogP contribution in [0.15, 0.2) is 41.6 Å². The second kappa shape index (κ2) is 5.40. The molecular formula is C17H12ClF3N2OS. The van der Waals surface area contributed by atoms with E-state index >= 15 is 0 Å². The fourth-order valence-corrected chi connectivity index (χ4v) is 4.31. The van der Waals surface area contributed by atoms with E-state index in [0.29, 0.717) is 27.0 Å². The minimum atomic E-state index is -4.43. The van der Waals surface area contributed by atoms with Crippen LogP contribution in [0.3, 0.4) is 0 Å². The largest absolute Gasteiger partial charge is 0.416 e. The number of aryl methyl sites for hydroxylation is 1. The fourth-order valence-electron chi connectivity index (χ4n) is 3.02. The minimum absolute atomic E-state index is 0.209. The highest BCUT2D eigenvalue weighted by molar-refractivity contribution is 7.99. The molecule has 1 aliphatic rings. The van der Waals surface area contributed by atoms with Gasteiger partial charge in [0.1, 0.15) is 0 Å². The topological polar surface area (TPSA) is 38.1 Å². The summed E-state index contributed by atoms with van der Waals surface area (Å²) in [6, 6.07) is 8.58. The Morgan fingerprint density at radius 3 is 2.68 bits per heavy atom. The third-order valence-corrected chi connectivity index (χ3v) is 5.85. The molecule has 3 aromatic rings. The summed E-state index contributed by atoms with van der Waals surface area (Å²) in [4.78, 5) is 4.27. The first kappa shape index (κ1) is 16.8. The number of aliphatic hydroxyl groups is 1. The van der Waals surface area contributed by atoms with Gasteiger partial charge in [-0.15, -0.1) is 0 Å². The molecule has 2 heterocycles. The molecule has 1 atom stereocenters. The number of hydrogen-bond acceptors (Lipinski definition) is 3. The van der Waals surface area contributed by atoms with E-state index in [9.17, 15) is 18.3 Å². The van der Waals surface area contributed by atoms with E-state index in [-0.39, 0.29) is 5.52 Å². The van der Waals surface area contributed by atoms with Crippen molar-refractivity contribution < 1.29 is 18.3 Å². The molecule has 130 valence electrons. The molecular weight excluding hydrogens is 373 g/mol. The van der Waals surface area contributed by atoms with Gasteiger partial charge in [0.2, 0.25) is 0 Å². The zero-order valence-corrected chi connectivity index (χ0v) is 14.5. The molecule has 0 amide bonds. The normalized spacial score (nSPS) is 20.2. The summed E-state index contributed by atoms with van der Waals surface area (Å²) in [6.07, 6.45) is -4.43. The zero-order valence-electron chi connectivity index (χ0n) is 12.9. The quantitative estimate of drug-likeness (QED) is 0.654. The van der Waals surface area contributed by atoms with Gasteiger partial charge in [-0.1, -0.05) is 29.4 Å². The van der Waals surface area contributed by atoms with E-state index in [0.717, 1.165) is 17.7 Å². The van der Waals surface area contributed by atoms with E-state index < -0.39 is 17.5 Å². The number of halogens is 4. The lowest BCUT2D eigenvalue weighted by molar-refractivity contribution is -0.137. The Kier molecular flexibility index (Phi) is 3.62. The highest BCUT2D eigenvalue weighted by atomic mass is 35.5. The number of imidazole rings is 1. The highest BCUT2D eigenvalue weighted by Crippen LogP contribution is 2.44. The van der Waals surface area contributed by atoms with Gasteiger partial charge >= 0.3 is 6.18 Å². The molecule has 0 bridgehead atoms. The molecule has 2 aromatic carbocycles. The molecule has 0 radical (unpaired) electrons. The van der Waals surface area contributed by atoms with Gasteiger partial charge in [-0.3, -0.25) is 4.57 Å². The van der Waals surface area contributed by atoms with Gasteiger partial charge in [0.25, 0.3) is 0 Å². The molecule has 1 N–H and O–H groups in total. The summed E-state index contributed by atoms with van der Waals surface area (Å²) in [5, 5.41) is 12.4. The number of fused-ring (bicyclic) bond motifs is 3. The summed E-state index contributed by atoms with van der Waals surface area (Å²) in [5.74, 6) is 0.327. The summed E-state index contributed by atoms with van der Waals surface area (Å²) in [7, 11) is 0. The van der Waals surface area contributed by atoms with Gasteiger partial charge < -0.3 is 5.11 Å². The van der Waals surface area contributed by atoms with Crippen molar-refractivity contribution in [3.05, 3.63) is 58.1 Å². The molecule has 0 saturated heterocycles. The Morgan fingerprint density at radius 1 is 1.24 bits per heavy atom. The number of rotatable bonds is 1. The zero-order chi connectivity index (χ0) is 18.0. The molecule has 25 heavy (non-hydrogen) atoms. The monoisotopic (exact) mass is 384 g/mol. The number of alkyl halides is 3. The molecule has 0 aliphatic carbocycles. The van der Waals surface area contributed by atoms with Crippen LogP contribution in [-0.4, -0.2) is 20.4 Å². The number of hydrogen-bond donors (Lipinski definition) is 1. The predicted molar refractivity (Wildman–Crippen MR) is 90.9 cm³/mol.